The molecule has 10 heteroatoms. The topological polar surface area (TPSA) is 114 Å². The van der Waals surface area contributed by atoms with Crippen LogP contribution in [0.25, 0.3) is 5.69 Å². The van der Waals surface area contributed by atoms with Crippen LogP contribution in [0.4, 0.5) is 4.79 Å². The van der Waals surface area contributed by atoms with E-state index in [-0.39, 0.29) is 23.0 Å². The molecule has 3 aromatic rings. The number of sulfone groups is 1. The van der Waals surface area contributed by atoms with Gasteiger partial charge in [0.1, 0.15) is 0 Å². The number of benzene rings is 1. The SMILES string of the molecule is O=C(O)NCCc1cc(S(=O)(=O)c2ccccn2)n(-c2ccccc2Cl)n1. The molecule has 0 aliphatic carbocycles. The van der Waals surface area contributed by atoms with Gasteiger partial charge in [0, 0.05) is 19.2 Å². The van der Waals surface area contributed by atoms with Crippen molar-refractivity contribution in [1.82, 2.24) is 20.1 Å². The van der Waals surface area contributed by atoms with Gasteiger partial charge in [-0.2, -0.15) is 5.10 Å². The molecule has 1 aromatic carbocycles. The predicted octanol–water partition coefficient (Wildman–Crippen LogP) is 2.56. The molecule has 0 spiro atoms. The fourth-order valence-corrected chi connectivity index (χ4v) is 3.98. The van der Waals surface area contributed by atoms with Gasteiger partial charge >= 0.3 is 6.09 Å². The Kier molecular flexibility index (Phi) is 5.43. The molecule has 2 aromatic heterocycles. The lowest BCUT2D eigenvalue weighted by atomic mass is 10.3. The van der Waals surface area contributed by atoms with E-state index in [0.717, 1.165) is 0 Å². The number of hydrogen-bond acceptors (Lipinski definition) is 5. The Labute approximate surface area is 160 Å². The molecular formula is C17H15ClN4O4S. The lowest BCUT2D eigenvalue weighted by Gasteiger charge is -2.09. The normalized spacial score (nSPS) is 11.3. The first-order valence-corrected chi connectivity index (χ1v) is 9.72. The molecule has 140 valence electrons. The maximum absolute atomic E-state index is 13.1. The number of hydrogen-bond donors (Lipinski definition) is 2. The van der Waals surface area contributed by atoms with Crippen LogP contribution >= 0.6 is 11.6 Å². The molecule has 0 aliphatic rings. The van der Waals surface area contributed by atoms with Crippen molar-refractivity contribution in [3.8, 4) is 5.69 Å². The highest BCUT2D eigenvalue weighted by molar-refractivity contribution is 7.91. The zero-order chi connectivity index (χ0) is 19.4. The largest absolute Gasteiger partial charge is 0.465 e. The third kappa shape index (κ3) is 4.09. The van der Waals surface area contributed by atoms with Gasteiger partial charge in [0.2, 0.25) is 9.84 Å². The zero-order valence-corrected chi connectivity index (χ0v) is 15.5. The van der Waals surface area contributed by atoms with Crippen molar-refractivity contribution in [2.75, 3.05) is 6.54 Å². The smallest absolute Gasteiger partial charge is 0.404 e. The van der Waals surface area contributed by atoms with Gasteiger partial charge in [0.05, 0.1) is 16.4 Å². The van der Waals surface area contributed by atoms with Crippen molar-refractivity contribution < 1.29 is 18.3 Å². The number of halogens is 1. The predicted molar refractivity (Wildman–Crippen MR) is 98.0 cm³/mol. The summed E-state index contributed by atoms with van der Waals surface area (Å²) in [7, 11) is -3.96. The highest BCUT2D eigenvalue weighted by Gasteiger charge is 2.26. The van der Waals surface area contributed by atoms with Crippen LogP contribution in [0.15, 0.2) is 64.8 Å². The van der Waals surface area contributed by atoms with Gasteiger partial charge in [-0.25, -0.2) is 22.9 Å². The molecule has 2 N–H and O–H groups in total. The lowest BCUT2D eigenvalue weighted by molar-refractivity contribution is 0.194. The fourth-order valence-electron chi connectivity index (χ4n) is 2.43. The molecule has 2 heterocycles. The molecule has 0 aliphatic heterocycles. The van der Waals surface area contributed by atoms with Crippen molar-refractivity contribution >= 4 is 27.5 Å². The van der Waals surface area contributed by atoms with Crippen molar-refractivity contribution in [3.63, 3.8) is 0 Å². The number of rotatable bonds is 6. The van der Waals surface area contributed by atoms with Crippen LogP contribution in [0, 0.1) is 0 Å². The summed E-state index contributed by atoms with van der Waals surface area (Å²) in [6.07, 6.45) is 0.441. The standard InChI is InChI=1S/C17H15ClN4O4S/c18-13-5-1-2-6-14(13)22-16(11-12(21-22)8-10-20-17(23)24)27(25,26)15-7-3-4-9-19-15/h1-7,9,11,20H,8,10H2,(H,23,24). The number of pyridine rings is 1. The Morgan fingerprint density at radius 2 is 1.93 bits per heavy atom. The van der Waals surface area contributed by atoms with E-state index in [4.69, 9.17) is 16.7 Å². The molecule has 1 amide bonds. The first-order valence-electron chi connectivity index (χ1n) is 7.86. The minimum absolute atomic E-state index is 0.0952. The second kappa shape index (κ2) is 7.77. The summed E-state index contributed by atoms with van der Waals surface area (Å²) < 4.78 is 27.4. The molecule has 0 fully saturated rings. The van der Waals surface area contributed by atoms with E-state index in [1.807, 2.05) is 0 Å². The van der Waals surface area contributed by atoms with Crippen LogP contribution < -0.4 is 5.32 Å². The first kappa shape index (κ1) is 18.9. The number of carboxylic acid groups (broad SMARTS) is 1. The quantitative estimate of drug-likeness (QED) is 0.650. The molecular weight excluding hydrogens is 392 g/mol. The minimum Gasteiger partial charge on any atom is -0.465 e. The summed E-state index contributed by atoms with van der Waals surface area (Å²) in [5.74, 6) is 0. The summed E-state index contributed by atoms with van der Waals surface area (Å²) in [5.41, 5.74) is 0.796. The molecule has 8 nitrogen and oxygen atoms in total. The minimum atomic E-state index is -3.96. The Bertz CT molecular complexity index is 1070. The Morgan fingerprint density at radius 3 is 2.59 bits per heavy atom. The maximum atomic E-state index is 13.1. The van der Waals surface area contributed by atoms with Gasteiger partial charge in [-0.15, -0.1) is 0 Å². The summed E-state index contributed by atoms with van der Waals surface area (Å²) in [5, 5.41) is 15.3. The van der Waals surface area contributed by atoms with Gasteiger partial charge in [0.15, 0.2) is 10.1 Å². The van der Waals surface area contributed by atoms with Gasteiger partial charge < -0.3 is 10.4 Å². The highest BCUT2D eigenvalue weighted by Crippen LogP contribution is 2.27. The van der Waals surface area contributed by atoms with E-state index in [1.54, 1.807) is 36.4 Å². The summed E-state index contributed by atoms with van der Waals surface area (Å²) in [6.45, 7) is 0.0952. The van der Waals surface area contributed by atoms with Crippen LogP contribution in [0.2, 0.25) is 5.02 Å². The lowest BCUT2D eigenvalue weighted by Crippen LogP contribution is -2.23. The molecule has 0 saturated carbocycles. The third-order valence-corrected chi connectivity index (χ3v) is 5.61. The number of amides is 1. The summed E-state index contributed by atoms with van der Waals surface area (Å²) in [4.78, 5) is 14.5. The average Bonchev–Trinajstić information content (AvgIpc) is 3.07. The fraction of sp³-hybridized carbons (Fsp3) is 0.118. The first-order chi connectivity index (χ1) is 12.9. The Morgan fingerprint density at radius 1 is 1.19 bits per heavy atom. The van der Waals surface area contributed by atoms with Gasteiger partial charge in [-0.1, -0.05) is 29.8 Å². The molecule has 0 radical (unpaired) electrons. The van der Waals surface area contributed by atoms with Crippen molar-refractivity contribution in [1.29, 1.82) is 0 Å². The van der Waals surface area contributed by atoms with Crippen LogP contribution in [0.3, 0.4) is 0 Å². The Balaban J connectivity index is 2.10. The van der Waals surface area contributed by atoms with Gasteiger partial charge in [0.25, 0.3) is 0 Å². The maximum Gasteiger partial charge on any atom is 0.404 e. The summed E-state index contributed by atoms with van der Waals surface area (Å²) in [6, 6.07) is 12.7. The van der Waals surface area contributed by atoms with Crippen LogP contribution in [-0.2, 0) is 16.3 Å². The molecule has 0 unspecified atom stereocenters. The molecule has 0 bridgehead atoms. The van der Waals surface area contributed by atoms with E-state index < -0.39 is 15.9 Å². The highest BCUT2D eigenvalue weighted by atomic mass is 35.5. The second-order valence-electron chi connectivity index (χ2n) is 5.49. The van der Waals surface area contributed by atoms with Crippen LogP contribution in [0.1, 0.15) is 5.69 Å². The molecule has 27 heavy (non-hydrogen) atoms. The zero-order valence-electron chi connectivity index (χ0n) is 13.9. The van der Waals surface area contributed by atoms with Crippen molar-refractivity contribution in [3.05, 3.63) is 65.4 Å². The van der Waals surface area contributed by atoms with Crippen LogP contribution in [-0.4, -0.2) is 40.9 Å². The number of nitrogens with one attached hydrogen (secondary N) is 1. The molecule has 0 saturated heterocycles. The summed E-state index contributed by atoms with van der Waals surface area (Å²) >= 11 is 6.22. The van der Waals surface area contributed by atoms with E-state index >= 15 is 0 Å². The van der Waals surface area contributed by atoms with E-state index in [0.29, 0.717) is 16.4 Å². The number of aromatic nitrogens is 3. The number of para-hydroxylation sites is 1. The van der Waals surface area contributed by atoms with Crippen LogP contribution in [0.5, 0.6) is 0 Å². The van der Waals surface area contributed by atoms with Crippen molar-refractivity contribution in [2.45, 2.75) is 16.5 Å². The van der Waals surface area contributed by atoms with Gasteiger partial charge in [-0.3, -0.25) is 0 Å². The van der Waals surface area contributed by atoms with E-state index in [1.165, 1.54) is 23.0 Å². The molecule has 0 atom stereocenters. The monoisotopic (exact) mass is 406 g/mol. The van der Waals surface area contributed by atoms with Crippen molar-refractivity contribution in [2.24, 2.45) is 0 Å². The third-order valence-electron chi connectivity index (χ3n) is 3.65. The number of carbonyl (C=O) groups is 1. The van der Waals surface area contributed by atoms with Gasteiger partial charge in [-0.05, 0) is 30.3 Å². The number of nitrogens with zero attached hydrogens (tertiary/aromatic N) is 3. The van der Waals surface area contributed by atoms with E-state index in [9.17, 15) is 13.2 Å². The van der Waals surface area contributed by atoms with E-state index in [2.05, 4.69) is 15.4 Å². The Hall–Kier alpha value is -2.91. The second-order valence-corrected chi connectivity index (χ2v) is 7.74. The molecule has 3 rings (SSSR count). The average molecular weight is 407 g/mol.